The molecule has 82 valence electrons. The lowest BCUT2D eigenvalue weighted by Gasteiger charge is -2.12. The third kappa shape index (κ3) is 2.09. The largest absolute Gasteiger partial charge is 0.386 e. The first-order chi connectivity index (χ1) is 7.83. The normalized spacial score (nSPS) is 12.4. The van der Waals surface area contributed by atoms with Crippen LogP contribution in [0, 0.1) is 0 Å². The van der Waals surface area contributed by atoms with Gasteiger partial charge in [-0.15, -0.1) is 0 Å². The molecular weight excluding hydrogens is 205 g/mol. The first-order valence-electron chi connectivity index (χ1n) is 5.06. The number of rotatable bonds is 3. The molecule has 2 nitrogen and oxygen atoms in total. The summed E-state index contributed by atoms with van der Waals surface area (Å²) in [6, 6.07) is 10.9. The molecule has 1 unspecified atom stereocenters. The van der Waals surface area contributed by atoms with Gasteiger partial charge in [0.1, 0.15) is 12.8 Å². The fraction of sp³-hybridized carbons (Fsp3) is 0.154. The number of pyridine rings is 1. The Bertz CT molecular complexity index is 458. The van der Waals surface area contributed by atoms with Crippen molar-refractivity contribution in [2.24, 2.45) is 0 Å². The fourth-order valence-electron chi connectivity index (χ4n) is 1.67. The molecule has 2 aromatic rings. The molecule has 1 atom stereocenters. The Labute approximate surface area is 93.4 Å². The van der Waals surface area contributed by atoms with E-state index in [1.807, 2.05) is 24.3 Å². The summed E-state index contributed by atoms with van der Waals surface area (Å²) in [6.45, 7) is -0.776. The number of aliphatic hydroxyl groups excluding tert-OH is 1. The second-order valence-corrected chi connectivity index (χ2v) is 3.49. The maximum absolute atomic E-state index is 12.5. The Kier molecular flexibility index (Phi) is 3.27. The molecule has 0 saturated heterocycles. The van der Waals surface area contributed by atoms with Crippen molar-refractivity contribution >= 4 is 0 Å². The highest BCUT2D eigenvalue weighted by Gasteiger charge is 2.12. The number of nitrogens with zero attached hydrogens (tertiary/aromatic N) is 1. The summed E-state index contributed by atoms with van der Waals surface area (Å²) in [5, 5.41) is 9.58. The molecule has 0 aliphatic rings. The highest BCUT2D eigenvalue weighted by atomic mass is 19.1. The summed E-state index contributed by atoms with van der Waals surface area (Å²) in [5.41, 5.74) is 2.38. The fourth-order valence-corrected chi connectivity index (χ4v) is 1.67. The summed E-state index contributed by atoms with van der Waals surface area (Å²) in [5.74, 6) is 0. The number of halogens is 1. The van der Waals surface area contributed by atoms with E-state index in [0.29, 0.717) is 5.56 Å². The van der Waals surface area contributed by atoms with Crippen LogP contribution in [0.3, 0.4) is 0 Å². The second-order valence-electron chi connectivity index (χ2n) is 3.49. The molecule has 1 aromatic carbocycles. The summed E-state index contributed by atoms with van der Waals surface area (Å²) in [4.78, 5) is 3.93. The number of benzene rings is 1. The van der Waals surface area contributed by atoms with Crippen LogP contribution in [-0.2, 0) is 0 Å². The molecule has 1 N–H and O–H groups in total. The summed E-state index contributed by atoms with van der Waals surface area (Å²) in [7, 11) is 0. The minimum Gasteiger partial charge on any atom is -0.386 e. The van der Waals surface area contributed by atoms with Crippen LogP contribution in [-0.4, -0.2) is 16.8 Å². The number of alkyl halides is 1. The molecule has 1 aromatic heterocycles. The third-order valence-corrected chi connectivity index (χ3v) is 2.46. The van der Waals surface area contributed by atoms with Gasteiger partial charge in [0.15, 0.2) is 0 Å². The van der Waals surface area contributed by atoms with Crippen LogP contribution in [0.4, 0.5) is 4.39 Å². The molecule has 0 radical (unpaired) electrons. The van der Waals surface area contributed by atoms with E-state index < -0.39 is 12.8 Å². The van der Waals surface area contributed by atoms with Gasteiger partial charge < -0.3 is 5.11 Å². The molecule has 16 heavy (non-hydrogen) atoms. The second kappa shape index (κ2) is 4.86. The van der Waals surface area contributed by atoms with Crippen LogP contribution in [0.2, 0.25) is 0 Å². The average molecular weight is 217 g/mol. The maximum Gasteiger partial charge on any atom is 0.119 e. The van der Waals surface area contributed by atoms with Crippen LogP contribution in [0.5, 0.6) is 0 Å². The lowest BCUT2D eigenvalue weighted by Crippen LogP contribution is -2.01. The first kappa shape index (κ1) is 10.8. The monoisotopic (exact) mass is 217 g/mol. The van der Waals surface area contributed by atoms with Crippen LogP contribution in [0.15, 0.2) is 48.8 Å². The van der Waals surface area contributed by atoms with Gasteiger partial charge in [-0.3, -0.25) is 4.98 Å². The van der Waals surface area contributed by atoms with Crippen molar-refractivity contribution in [2.45, 2.75) is 6.10 Å². The lowest BCUT2D eigenvalue weighted by atomic mass is 9.97. The van der Waals surface area contributed by atoms with E-state index >= 15 is 0 Å². The van der Waals surface area contributed by atoms with E-state index in [2.05, 4.69) is 4.98 Å². The van der Waals surface area contributed by atoms with Gasteiger partial charge >= 0.3 is 0 Å². The van der Waals surface area contributed by atoms with Gasteiger partial charge in [-0.25, -0.2) is 4.39 Å². The Hall–Kier alpha value is -1.74. The summed E-state index contributed by atoms with van der Waals surface area (Å²) >= 11 is 0. The van der Waals surface area contributed by atoms with E-state index in [4.69, 9.17) is 0 Å². The molecule has 0 spiro atoms. The van der Waals surface area contributed by atoms with Crippen LogP contribution in [0.1, 0.15) is 11.7 Å². The molecular formula is C13H12FNO. The summed E-state index contributed by atoms with van der Waals surface area (Å²) in [6.07, 6.45) is 2.28. The van der Waals surface area contributed by atoms with Crippen molar-refractivity contribution in [3.63, 3.8) is 0 Å². The van der Waals surface area contributed by atoms with Crippen molar-refractivity contribution in [3.8, 4) is 11.1 Å². The zero-order chi connectivity index (χ0) is 11.4. The van der Waals surface area contributed by atoms with Gasteiger partial charge in [0.05, 0.1) is 0 Å². The Morgan fingerprint density at radius 3 is 2.50 bits per heavy atom. The predicted molar refractivity (Wildman–Crippen MR) is 60.6 cm³/mol. The zero-order valence-electron chi connectivity index (χ0n) is 8.68. The molecule has 0 fully saturated rings. The SMILES string of the molecule is OC(CF)c1ccccc1-c1ccncc1. The molecule has 0 saturated carbocycles. The number of aliphatic hydroxyl groups is 1. The van der Waals surface area contributed by atoms with Crippen molar-refractivity contribution in [2.75, 3.05) is 6.67 Å². The lowest BCUT2D eigenvalue weighted by molar-refractivity contribution is 0.142. The quantitative estimate of drug-likeness (QED) is 0.857. The maximum atomic E-state index is 12.5. The van der Waals surface area contributed by atoms with Crippen LogP contribution >= 0.6 is 0 Å². The van der Waals surface area contributed by atoms with Crippen molar-refractivity contribution in [3.05, 3.63) is 54.4 Å². The zero-order valence-corrected chi connectivity index (χ0v) is 8.68. The Morgan fingerprint density at radius 1 is 1.12 bits per heavy atom. The van der Waals surface area contributed by atoms with Crippen molar-refractivity contribution in [1.29, 1.82) is 0 Å². The minimum atomic E-state index is -1.07. The van der Waals surface area contributed by atoms with Gasteiger partial charge in [-0.05, 0) is 28.8 Å². The molecule has 0 aliphatic carbocycles. The van der Waals surface area contributed by atoms with E-state index in [9.17, 15) is 9.50 Å². The van der Waals surface area contributed by atoms with Crippen LogP contribution < -0.4 is 0 Å². The first-order valence-corrected chi connectivity index (χ1v) is 5.06. The van der Waals surface area contributed by atoms with E-state index in [1.54, 1.807) is 24.5 Å². The standard InChI is InChI=1S/C13H12FNO/c14-9-13(16)12-4-2-1-3-11(12)10-5-7-15-8-6-10/h1-8,13,16H,9H2. The predicted octanol–water partition coefficient (Wildman–Crippen LogP) is 2.75. The molecule has 3 heteroatoms. The van der Waals surface area contributed by atoms with Gasteiger partial charge in [0.2, 0.25) is 0 Å². The van der Waals surface area contributed by atoms with Crippen LogP contribution in [0.25, 0.3) is 11.1 Å². The van der Waals surface area contributed by atoms with Gasteiger partial charge in [-0.2, -0.15) is 0 Å². The molecule has 0 aliphatic heterocycles. The highest BCUT2D eigenvalue weighted by molar-refractivity contribution is 5.67. The Balaban J connectivity index is 2.49. The van der Waals surface area contributed by atoms with E-state index in [1.165, 1.54) is 0 Å². The molecule has 0 bridgehead atoms. The van der Waals surface area contributed by atoms with Crippen molar-refractivity contribution in [1.82, 2.24) is 4.98 Å². The summed E-state index contributed by atoms with van der Waals surface area (Å²) < 4.78 is 12.5. The third-order valence-electron chi connectivity index (χ3n) is 2.46. The Morgan fingerprint density at radius 2 is 1.81 bits per heavy atom. The smallest absolute Gasteiger partial charge is 0.119 e. The van der Waals surface area contributed by atoms with Gasteiger partial charge in [0.25, 0.3) is 0 Å². The molecule has 2 rings (SSSR count). The number of hydrogen-bond acceptors (Lipinski definition) is 2. The molecule has 0 amide bonds. The van der Waals surface area contributed by atoms with E-state index in [0.717, 1.165) is 11.1 Å². The van der Waals surface area contributed by atoms with E-state index in [-0.39, 0.29) is 0 Å². The number of hydrogen-bond donors (Lipinski definition) is 1. The highest BCUT2D eigenvalue weighted by Crippen LogP contribution is 2.27. The number of aromatic nitrogens is 1. The topological polar surface area (TPSA) is 33.1 Å². The van der Waals surface area contributed by atoms with Gasteiger partial charge in [-0.1, -0.05) is 24.3 Å². The average Bonchev–Trinajstić information content (AvgIpc) is 2.39. The van der Waals surface area contributed by atoms with Crippen molar-refractivity contribution < 1.29 is 9.50 Å². The van der Waals surface area contributed by atoms with Gasteiger partial charge in [0, 0.05) is 12.4 Å². The molecule has 1 heterocycles. The minimum absolute atomic E-state index is 0.608.